The van der Waals surface area contributed by atoms with Crippen molar-refractivity contribution >= 4 is 17.6 Å². The van der Waals surface area contributed by atoms with Crippen molar-refractivity contribution in [3.63, 3.8) is 0 Å². The number of unbranched alkanes of at least 4 members (excludes halogenated alkanes) is 1. The molecule has 7 heteroatoms. The molecule has 1 aromatic carbocycles. The number of non-ortho nitro benzene ring substituents is 1. The highest BCUT2D eigenvalue weighted by Crippen LogP contribution is 2.15. The van der Waals surface area contributed by atoms with Crippen LogP contribution in [0.4, 0.5) is 5.69 Å². The summed E-state index contributed by atoms with van der Waals surface area (Å²) in [6.45, 7) is 0.291. The van der Waals surface area contributed by atoms with Gasteiger partial charge < -0.3 is 10.0 Å². The van der Waals surface area contributed by atoms with Crippen LogP contribution in [-0.4, -0.2) is 33.9 Å². The van der Waals surface area contributed by atoms with Crippen molar-refractivity contribution in [3.8, 4) is 0 Å². The maximum atomic E-state index is 11.9. The molecule has 1 rings (SSSR count). The molecule has 1 amide bonds. The van der Waals surface area contributed by atoms with E-state index in [4.69, 9.17) is 5.11 Å². The van der Waals surface area contributed by atoms with Crippen molar-refractivity contribution in [3.05, 3.63) is 39.9 Å². The Hall–Kier alpha value is -2.44. The molecule has 0 fully saturated rings. The molecule has 1 aromatic rings. The molecule has 0 saturated carbocycles. The third-order valence-electron chi connectivity index (χ3n) is 3.00. The number of hydrogen-bond acceptors (Lipinski definition) is 4. The second kappa shape index (κ2) is 7.98. The first-order chi connectivity index (χ1) is 9.90. The van der Waals surface area contributed by atoms with Gasteiger partial charge in [0.15, 0.2) is 0 Å². The zero-order valence-corrected chi connectivity index (χ0v) is 11.8. The lowest BCUT2D eigenvalue weighted by Crippen LogP contribution is -2.25. The number of rotatable bonds is 8. The highest BCUT2D eigenvalue weighted by molar-refractivity contribution is 5.76. The Morgan fingerprint density at radius 1 is 1.29 bits per heavy atom. The first-order valence-corrected chi connectivity index (χ1v) is 6.59. The second-order valence-corrected chi connectivity index (χ2v) is 4.78. The van der Waals surface area contributed by atoms with E-state index in [1.54, 1.807) is 19.2 Å². The van der Waals surface area contributed by atoms with E-state index < -0.39 is 10.9 Å². The van der Waals surface area contributed by atoms with E-state index in [0.29, 0.717) is 24.9 Å². The summed E-state index contributed by atoms with van der Waals surface area (Å²) < 4.78 is 0. The summed E-state index contributed by atoms with van der Waals surface area (Å²) in [6.07, 6.45) is 1.32. The molecular formula is C14H18N2O5. The van der Waals surface area contributed by atoms with Gasteiger partial charge in [0.05, 0.1) is 4.92 Å². The van der Waals surface area contributed by atoms with Gasteiger partial charge in [0.2, 0.25) is 5.91 Å². The lowest BCUT2D eigenvalue weighted by atomic mass is 10.1. The van der Waals surface area contributed by atoms with Crippen molar-refractivity contribution in [2.45, 2.75) is 32.2 Å². The van der Waals surface area contributed by atoms with Gasteiger partial charge in [-0.25, -0.2) is 0 Å². The van der Waals surface area contributed by atoms with Gasteiger partial charge in [0, 0.05) is 38.6 Å². The molecule has 1 N–H and O–H groups in total. The molecule has 0 radical (unpaired) electrons. The van der Waals surface area contributed by atoms with E-state index in [1.165, 1.54) is 17.0 Å². The molecule has 0 aliphatic carbocycles. The molecule has 0 aromatic heterocycles. The van der Waals surface area contributed by atoms with Crippen molar-refractivity contribution in [2.24, 2.45) is 0 Å². The zero-order valence-electron chi connectivity index (χ0n) is 11.8. The Morgan fingerprint density at radius 2 is 1.95 bits per heavy atom. The summed E-state index contributed by atoms with van der Waals surface area (Å²) in [5, 5.41) is 19.2. The quantitative estimate of drug-likeness (QED) is 0.450. The second-order valence-electron chi connectivity index (χ2n) is 4.78. The van der Waals surface area contributed by atoms with Crippen LogP contribution in [0, 0.1) is 10.1 Å². The van der Waals surface area contributed by atoms with Crippen LogP contribution in [0.25, 0.3) is 0 Å². The van der Waals surface area contributed by atoms with Gasteiger partial charge in [0.1, 0.15) is 0 Å². The Balaban J connectivity index is 2.46. The van der Waals surface area contributed by atoms with Gasteiger partial charge in [-0.3, -0.25) is 19.7 Å². The summed E-state index contributed by atoms with van der Waals surface area (Å²) in [6, 6.07) is 6.14. The molecule has 21 heavy (non-hydrogen) atoms. The Bertz CT molecular complexity index is 530. The van der Waals surface area contributed by atoms with E-state index in [2.05, 4.69) is 0 Å². The fourth-order valence-corrected chi connectivity index (χ4v) is 1.87. The summed E-state index contributed by atoms with van der Waals surface area (Å²) in [5.74, 6) is -0.973. The molecule has 0 aliphatic heterocycles. The highest BCUT2D eigenvalue weighted by atomic mass is 16.6. The molecule has 114 valence electrons. The lowest BCUT2D eigenvalue weighted by Gasteiger charge is -2.17. The molecule has 7 nitrogen and oxygen atoms in total. The largest absolute Gasteiger partial charge is 0.481 e. The van der Waals surface area contributed by atoms with Gasteiger partial charge in [0.25, 0.3) is 5.69 Å². The van der Waals surface area contributed by atoms with Crippen LogP contribution >= 0.6 is 0 Å². The fraction of sp³-hybridized carbons (Fsp3) is 0.429. The molecule has 0 unspecified atom stereocenters. The van der Waals surface area contributed by atoms with Crippen molar-refractivity contribution in [1.82, 2.24) is 4.90 Å². The molecule has 0 heterocycles. The van der Waals surface area contributed by atoms with Crippen LogP contribution in [-0.2, 0) is 16.1 Å². The summed E-state index contributed by atoms with van der Waals surface area (Å²) in [4.78, 5) is 33.9. The summed E-state index contributed by atoms with van der Waals surface area (Å²) in [5.41, 5.74) is 0.681. The van der Waals surface area contributed by atoms with Crippen LogP contribution < -0.4 is 0 Å². The van der Waals surface area contributed by atoms with Crippen LogP contribution in [0.5, 0.6) is 0 Å². The number of carbonyl (C=O) groups excluding carboxylic acids is 1. The van der Waals surface area contributed by atoms with E-state index >= 15 is 0 Å². The van der Waals surface area contributed by atoms with Crippen molar-refractivity contribution < 1.29 is 19.6 Å². The smallest absolute Gasteiger partial charge is 0.303 e. The number of nitro groups is 1. The number of carbonyl (C=O) groups is 2. The predicted molar refractivity (Wildman–Crippen MR) is 75.7 cm³/mol. The Labute approximate surface area is 122 Å². The Morgan fingerprint density at radius 3 is 2.57 bits per heavy atom. The van der Waals surface area contributed by atoms with Gasteiger partial charge in [-0.2, -0.15) is 0 Å². The number of nitrogens with zero attached hydrogens (tertiary/aromatic N) is 2. The minimum atomic E-state index is -0.868. The van der Waals surface area contributed by atoms with Crippen LogP contribution in [0.2, 0.25) is 0 Å². The SMILES string of the molecule is CN(Cc1cccc([N+](=O)[O-])c1)C(=O)CCCCC(=O)O. The average Bonchev–Trinajstić information content (AvgIpc) is 2.43. The number of carboxylic acids is 1. The van der Waals surface area contributed by atoms with Crippen LogP contribution in [0.15, 0.2) is 24.3 Å². The van der Waals surface area contributed by atoms with Gasteiger partial charge in [-0.1, -0.05) is 12.1 Å². The fourth-order valence-electron chi connectivity index (χ4n) is 1.87. The normalized spacial score (nSPS) is 10.1. The van der Waals surface area contributed by atoms with Crippen LogP contribution in [0.1, 0.15) is 31.2 Å². The van der Waals surface area contributed by atoms with Crippen molar-refractivity contribution in [2.75, 3.05) is 7.05 Å². The predicted octanol–water partition coefficient (Wildman–Crippen LogP) is 2.20. The number of nitro benzene ring substituents is 1. The summed E-state index contributed by atoms with van der Waals surface area (Å²) in [7, 11) is 1.62. The highest BCUT2D eigenvalue weighted by Gasteiger charge is 2.11. The zero-order chi connectivity index (χ0) is 15.8. The number of amides is 1. The maximum Gasteiger partial charge on any atom is 0.303 e. The maximum absolute atomic E-state index is 11.9. The molecular weight excluding hydrogens is 276 g/mol. The third-order valence-corrected chi connectivity index (χ3v) is 3.00. The van der Waals surface area contributed by atoms with E-state index in [1.807, 2.05) is 0 Å². The first kappa shape index (κ1) is 16.6. The van der Waals surface area contributed by atoms with Gasteiger partial charge in [-0.05, 0) is 18.4 Å². The number of carboxylic acid groups (broad SMARTS) is 1. The lowest BCUT2D eigenvalue weighted by molar-refractivity contribution is -0.384. The van der Waals surface area contributed by atoms with Crippen LogP contribution in [0.3, 0.4) is 0 Å². The molecule has 0 aliphatic rings. The third kappa shape index (κ3) is 6.03. The van der Waals surface area contributed by atoms with E-state index in [0.717, 1.165) is 0 Å². The minimum Gasteiger partial charge on any atom is -0.481 e. The van der Waals surface area contributed by atoms with E-state index in [-0.39, 0.29) is 24.4 Å². The van der Waals surface area contributed by atoms with Crippen molar-refractivity contribution in [1.29, 1.82) is 0 Å². The topological polar surface area (TPSA) is 101 Å². The number of aliphatic carboxylic acids is 1. The molecule has 0 spiro atoms. The minimum absolute atomic E-state index is 0.00481. The number of hydrogen-bond donors (Lipinski definition) is 1. The average molecular weight is 294 g/mol. The molecule has 0 bridgehead atoms. The molecule has 0 saturated heterocycles. The first-order valence-electron chi connectivity index (χ1n) is 6.59. The van der Waals surface area contributed by atoms with E-state index in [9.17, 15) is 19.7 Å². The Kier molecular flexibility index (Phi) is 6.32. The molecule has 0 atom stereocenters. The van der Waals surface area contributed by atoms with Gasteiger partial charge in [-0.15, -0.1) is 0 Å². The summed E-state index contributed by atoms with van der Waals surface area (Å²) >= 11 is 0. The standard InChI is InChI=1S/C14H18N2O5/c1-15(13(17)7-2-3-8-14(18)19)10-11-5-4-6-12(9-11)16(20)21/h4-6,9H,2-3,7-8,10H2,1H3,(H,18,19). The van der Waals surface area contributed by atoms with Gasteiger partial charge >= 0.3 is 5.97 Å². The number of benzene rings is 1. The monoisotopic (exact) mass is 294 g/mol.